The fraction of sp³-hybridized carbons (Fsp3) is 0.133. The summed E-state index contributed by atoms with van der Waals surface area (Å²) in [5.74, 6) is -1.05. The minimum atomic E-state index is -1.15. The summed E-state index contributed by atoms with van der Waals surface area (Å²) in [5, 5.41) is 17.9. The highest BCUT2D eigenvalue weighted by atomic mass is 16.5. The van der Waals surface area contributed by atoms with Crippen molar-refractivity contribution in [2.24, 2.45) is 5.73 Å². The molecule has 0 saturated heterocycles. The number of carbonyl (C=O) groups is 2. The molecule has 0 unspecified atom stereocenters. The van der Waals surface area contributed by atoms with Crippen molar-refractivity contribution in [1.82, 2.24) is 4.98 Å². The van der Waals surface area contributed by atoms with Gasteiger partial charge >= 0.3 is 5.97 Å². The zero-order chi connectivity index (χ0) is 16.8. The Bertz CT molecular complexity index is 714. The van der Waals surface area contributed by atoms with Crippen molar-refractivity contribution in [3.63, 3.8) is 0 Å². The van der Waals surface area contributed by atoms with Crippen LogP contribution in [0.1, 0.15) is 20.8 Å². The van der Waals surface area contributed by atoms with Crippen LogP contribution >= 0.6 is 0 Å². The zero-order valence-corrected chi connectivity index (χ0v) is 11.9. The van der Waals surface area contributed by atoms with Crippen LogP contribution in [0.4, 0.5) is 0 Å². The third-order valence-electron chi connectivity index (χ3n) is 2.71. The third-order valence-corrected chi connectivity index (χ3v) is 2.71. The van der Waals surface area contributed by atoms with Gasteiger partial charge in [0, 0.05) is 6.07 Å². The molecule has 1 heterocycles. The van der Waals surface area contributed by atoms with Gasteiger partial charge in [-0.25, -0.2) is 9.78 Å². The van der Waals surface area contributed by atoms with Crippen LogP contribution in [-0.2, 0) is 0 Å². The van der Waals surface area contributed by atoms with Crippen molar-refractivity contribution in [2.45, 2.75) is 0 Å². The highest BCUT2D eigenvalue weighted by Crippen LogP contribution is 2.27. The van der Waals surface area contributed by atoms with E-state index in [0.717, 1.165) is 0 Å². The van der Waals surface area contributed by atoms with E-state index in [0.29, 0.717) is 5.75 Å². The van der Waals surface area contributed by atoms with E-state index in [2.05, 4.69) is 4.98 Å². The first-order chi connectivity index (χ1) is 11.0. The zero-order valence-electron chi connectivity index (χ0n) is 11.9. The quantitative estimate of drug-likeness (QED) is 0.694. The van der Waals surface area contributed by atoms with Crippen molar-refractivity contribution in [2.75, 3.05) is 13.2 Å². The number of aromatic nitrogens is 1. The number of aliphatic hydroxyl groups excluding tert-OH is 1. The maximum atomic E-state index is 11.1. The van der Waals surface area contributed by atoms with Crippen molar-refractivity contribution in [3.05, 3.63) is 47.8 Å². The second kappa shape index (κ2) is 7.23. The van der Waals surface area contributed by atoms with Crippen LogP contribution in [-0.4, -0.2) is 40.3 Å². The van der Waals surface area contributed by atoms with Gasteiger partial charge in [-0.2, -0.15) is 0 Å². The van der Waals surface area contributed by atoms with E-state index < -0.39 is 11.9 Å². The summed E-state index contributed by atoms with van der Waals surface area (Å²) in [6, 6.07) is 6.98. The average Bonchev–Trinajstić information content (AvgIpc) is 2.53. The van der Waals surface area contributed by atoms with E-state index in [1.54, 1.807) is 0 Å². The van der Waals surface area contributed by atoms with Crippen molar-refractivity contribution in [1.29, 1.82) is 0 Å². The molecule has 0 aliphatic carbocycles. The van der Waals surface area contributed by atoms with Gasteiger partial charge < -0.3 is 25.4 Å². The molecule has 0 bridgehead atoms. The summed E-state index contributed by atoms with van der Waals surface area (Å²) in [7, 11) is 0. The molecular formula is C15H14N2O6. The predicted octanol–water partition coefficient (Wildman–Crippen LogP) is 1.04. The van der Waals surface area contributed by atoms with Crippen LogP contribution < -0.4 is 15.2 Å². The molecule has 0 spiro atoms. The van der Waals surface area contributed by atoms with Crippen LogP contribution in [0.2, 0.25) is 0 Å². The minimum absolute atomic E-state index is 0.0252. The van der Waals surface area contributed by atoms with Gasteiger partial charge in [0.15, 0.2) is 0 Å². The molecular weight excluding hydrogens is 304 g/mol. The maximum Gasteiger partial charge on any atom is 0.335 e. The molecule has 8 heteroatoms. The highest BCUT2D eigenvalue weighted by Gasteiger charge is 2.10. The lowest BCUT2D eigenvalue weighted by Crippen LogP contribution is -2.12. The van der Waals surface area contributed by atoms with Gasteiger partial charge in [0.05, 0.1) is 18.4 Å². The van der Waals surface area contributed by atoms with E-state index in [9.17, 15) is 9.59 Å². The van der Waals surface area contributed by atoms with E-state index in [1.165, 1.54) is 36.5 Å². The van der Waals surface area contributed by atoms with E-state index in [-0.39, 0.29) is 36.0 Å². The van der Waals surface area contributed by atoms with Gasteiger partial charge in [0.1, 0.15) is 29.5 Å². The molecule has 120 valence electrons. The fourth-order valence-corrected chi connectivity index (χ4v) is 1.72. The second-order valence-electron chi connectivity index (χ2n) is 4.42. The van der Waals surface area contributed by atoms with Gasteiger partial charge in [-0.05, 0) is 24.3 Å². The number of nitrogens with zero attached hydrogens (tertiary/aromatic N) is 1. The van der Waals surface area contributed by atoms with Crippen LogP contribution in [0, 0.1) is 0 Å². The number of aliphatic hydroxyl groups is 1. The largest absolute Gasteiger partial charge is 0.491 e. The molecule has 0 atom stereocenters. The number of hydrogen-bond acceptors (Lipinski definition) is 6. The molecule has 8 nitrogen and oxygen atoms in total. The molecule has 1 amide bonds. The number of benzene rings is 1. The smallest absolute Gasteiger partial charge is 0.335 e. The topological polar surface area (TPSA) is 132 Å². The first kappa shape index (κ1) is 16.2. The van der Waals surface area contributed by atoms with E-state index in [1.807, 2.05) is 0 Å². The minimum Gasteiger partial charge on any atom is -0.491 e. The van der Waals surface area contributed by atoms with Gasteiger partial charge in [-0.15, -0.1) is 0 Å². The highest BCUT2D eigenvalue weighted by molar-refractivity contribution is 5.90. The third kappa shape index (κ3) is 4.42. The number of aromatic carboxylic acids is 1. The van der Waals surface area contributed by atoms with Gasteiger partial charge in [-0.1, -0.05) is 0 Å². The molecule has 0 fully saturated rings. The summed E-state index contributed by atoms with van der Waals surface area (Å²) >= 11 is 0. The molecule has 23 heavy (non-hydrogen) atoms. The van der Waals surface area contributed by atoms with Gasteiger partial charge in [0.25, 0.3) is 5.91 Å². The number of primary amides is 1. The molecule has 0 aliphatic rings. The summed E-state index contributed by atoms with van der Waals surface area (Å²) in [4.78, 5) is 25.9. The first-order valence-corrected chi connectivity index (χ1v) is 6.55. The molecule has 1 aromatic heterocycles. The van der Waals surface area contributed by atoms with Gasteiger partial charge in [-0.3, -0.25) is 4.79 Å². The summed E-state index contributed by atoms with van der Waals surface area (Å²) in [6.07, 6.45) is 1.29. The average molecular weight is 318 g/mol. The number of hydrogen-bond donors (Lipinski definition) is 3. The van der Waals surface area contributed by atoms with Crippen molar-refractivity contribution >= 4 is 11.9 Å². The number of rotatable bonds is 7. The number of ether oxygens (including phenoxy) is 2. The number of carboxylic acid groups (broad SMARTS) is 1. The molecule has 0 radical (unpaired) electrons. The monoisotopic (exact) mass is 318 g/mol. The molecule has 0 saturated carbocycles. The maximum absolute atomic E-state index is 11.1. The number of pyridine rings is 1. The normalized spacial score (nSPS) is 10.1. The van der Waals surface area contributed by atoms with E-state index >= 15 is 0 Å². The SMILES string of the molecule is NC(=O)c1ccc(Oc2cc(OCCO)cc(C(=O)O)c2)cn1. The number of amides is 1. The Balaban J connectivity index is 2.25. The molecule has 1 aromatic carbocycles. The Labute approximate surface area is 131 Å². The lowest BCUT2D eigenvalue weighted by molar-refractivity contribution is 0.0695. The lowest BCUT2D eigenvalue weighted by Gasteiger charge is -2.10. The summed E-state index contributed by atoms with van der Waals surface area (Å²) < 4.78 is 10.7. The Kier molecular flexibility index (Phi) is 5.11. The standard InChI is InChI=1S/C15H14N2O6/c16-14(19)13-2-1-10(8-17-13)23-12-6-9(15(20)21)5-11(7-12)22-4-3-18/h1-2,5-8,18H,3-4H2,(H2,16,19)(H,20,21). The van der Waals surface area contributed by atoms with E-state index in [4.69, 9.17) is 25.4 Å². The van der Waals surface area contributed by atoms with Gasteiger partial charge in [0.2, 0.25) is 0 Å². The molecule has 4 N–H and O–H groups in total. The Hall–Kier alpha value is -3.13. The second-order valence-corrected chi connectivity index (χ2v) is 4.42. The van der Waals surface area contributed by atoms with Crippen LogP contribution in [0.5, 0.6) is 17.2 Å². The number of carbonyl (C=O) groups excluding carboxylic acids is 1. The number of carboxylic acids is 1. The predicted molar refractivity (Wildman–Crippen MR) is 78.8 cm³/mol. The Morgan fingerprint density at radius 1 is 1.13 bits per heavy atom. The summed E-state index contributed by atoms with van der Waals surface area (Å²) in [6.45, 7) is -0.177. The van der Waals surface area contributed by atoms with Crippen LogP contribution in [0.3, 0.4) is 0 Å². The van der Waals surface area contributed by atoms with Crippen molar-refractivity contribution in [3.8, 4) is 17.2 Å². The van der Waals surface area contributed by atoms with Crippen LogP contribution in [0.15, 0.2) is 36.5 Å². The Morgan fingerprint density at radius 2 is 1.87 bits per heavy atom. The molecule has 2 aromatic rings. The summed E-state index contributed by atoms with van der Waals surface area (Å²) in [5.41, 5.74) is 5.15. The first-order valence-electron chi connectivity index (χ1n) is 6.55. The lowest BCUT2D eigenvalue weighted by atomic mass is 10.2. The van der Waals surface area contributed by atoms with Crippen molar-refractivity contribution < 1.29 is 29.3 Å². The number of nitrogens with two attached hydrogens (primary N) is 1. The Morgan fingerprint density at radius 3 is 2.43 bits per heavy atom. The molecule has 2 rings (SSSR count). The molecule has 0 aliphatic heterocycles. The van der Waals surface area contributed by atoms with Crippen LogP contribution in [0.25, 0.3) is 0 Å². The fourth-order valence-electron chi connectivity index (χ4n) is 1.72.